The predicted molar refractivity (Wildman–Crippen MR) is 77.4 cm³/mol. The molecular formula is C15H13NO2S. The summed E-state index contributed by atoms with van der Waals surface area (Å²) in [6.45, 7) is 1.80. The van der Waals surface area contributed by atoms with Crippen molar-refractivity contribution in [1.29, 1.82) is 0 Å². The lowest BCUT2D eigenvalue weighted by atomic mass is 10.2. The highest BCUT2D eigenvalue weighted by atomic mass is 32.1. The largest absolute Gasteiger partial charge is 0.384 e. The van der Waals surface area contributed by atoms with Crippen LogP contribution in [-0.2, 0) is 0 Å². The summed E-state index contributed by atoms with van der Waals surface area (Å²) in [7, 11) is 0. The summed E-state index contributed by atoms with van der Waals surface area (Å²) in [5, 5.41) is 13.2. The molecule has 1 aromatic heterocycles. The Bertz CT molecular complexity index is 649. The van der Waals surface area contributed by atoms with Gasteiger partial charge in [-0.25, -0.2) is 0 Å². The van der Waals surface area contributed by atoms with Gasteiger partial charge >= 0.3 is 0 Å². The van der Waals surface area contributed by atoms with E-state index in [-0.39, 0.29) is 12.5 Å². The standard InChI is InChI=1S/C15H13NO2S/c1-11-4-2-5-13(8-11)16-15(18)12-9-14(19-10-12)6-3-7-17/h2,4-5,8-10,17H,7H2,1H3,(H,16,18). The van der Waals surface area contributed by atoms with Crippen molar-refractivity contribution in [3.05, 3.63) is 51.7 Å². The van der Waals surface area contributed by atoms with Crippen molar-refractivity contribution in [3.8, 4) is 11.8 Å². The second-order valence-electron chi connectivity index (χ2n) is 3.98. The Morgan fingerprint density at radius 2 is 2.26 bits per heavy atom. The first-order valence-corrected chi connectivity index (χ1v) is 6.63. The van der Waals surface area contributed by atoms with Crippen LogP contribution >= 0.6 is 11.3 Å². The van der Waals surface area contributed by atoms with Crippen molar-refractivity contribution in [3.63, 3.8) is 0 Å². The molecule has 1 heterocycles. The number of aliphatic hydroxyl groups is 1. The third-order valence-corrected chi connectivity index (χ3v) is 3.27. The summed E-state index contributed by atoms with van der Waals surface area (Å²) in [5.74, 6) is 5.19. The van der Waals surface area contributed by atoms with E-state index >= 15 is 0 Å². The summed E-state index contributed by atoms with van der Waals surface area (Å²) < 4.78 is 0. The fraction of sp³-hybridized carbons (Fsp3) is 0.133. The molecule has 0 radical (unpaired) electrons. The molecule has 0 saturated heterocycles. The van der Waals surface area contributed by atoms with E-state index < -0.39 is 0 Å². The zero-order valence-corrected chi connectivity index (χ0v) is 11.3. The van der Waals surface area contributed by atoms with Gasteiger partial charge < -0.3 is 10.4 Å². The van der Waals surface area contributed by atoms with Crippen LogP contribution in [0.25, 0.3) is 0 Å². The molecule has 0 atom stereocenters. The topological polar surface area (TPSA) is 49.3 Å². The number of hydrogen-bond donors (Lipinski definition) is 2. The van der Waals surface area contributed by atoms with Crippen LogP contribution in [0.2, 0.25) is 0 Å². The van der Waals surface area contributed by atoms with E-state index in [2.05, 4.69) is 17.2 Å². The van der Waals surface area contributed by atoms with Gasteiger partial charge in [0.25, 0.3) is 5.91 Å². The zero-order chi connectivity index (χ0) is 13.7. The molecule has 1 amide bonds. The molecule has 96 valence electrons. The number of carbonyl (C=O) groups excluding carboxylic acids is 1. The average molecular weight is 271 g/mol. The van der Waals surface area contributed by atoms with E-state index in [0.717, 1.165) is 16.1 Å². The van der Waals surface area contributed by atoms with E-state index in [9.17, 15) is 4.79 Å². The fourth-order valence-corrected chi connectivity index (χ4v) is 2.33. The molecule has 2 N–H and O–H groups in total. The molecule has 0 bridgehead atoms. The quantitative estimate of drug-likeness (QED) is 0.825. The van der Waals surface area contributed by atoms with Crippen LogP contribution in [-0.4, -0.2) is 17.6 Å². The molecule has 0 aliphatic heterocycles. The van der Waals surface area contributed by atoms with Gasteiger partial charge in [-0.3, -0.25) is 4.79 Å². The van der Waals surface area contributed by atoms with Crippen molar-refractivity contribution < 1.29 is 9.90 Å². The van der Waals surface area contributed by atoms with E-state index in [1.807, 2.05) is 31.2 Å². The van der Waals surface area contributed by atoms with Gasteiger partial charge in [0.2, 0.25) is 0 Å². The third kappa shape index (κ3) is 3.68. The van der Waals surface area contributed by atoms with Gasteiger partial charge in [-0.05, 0) is 30.7 Å². The van der Waals surface area contributed by atoms with Gasteiger partial charge in [0, 0.05) is 11.1 Å². The van der Waals surface area contributed by atoms with Crippen molar-refractivity contribution in [2.24, 2.45) is 0 Å². The lowest BCUT2D eigenvalue weighted by Gasteiger charge is -2.04. The maximum atomic E-state index is 12.0. The monoisotopic (exact) mass is 271 g/mol. The Kier molecular flexibility index (Phi) is 4.35. The maximum absolute atomic E-state index is 12.0. The van der Waals surface area contributed by atoms with Gasteiger partial charge in [0.05, 0.1) is 10.4 Å². The van der Waals surface area contributed by atoms with Crippen LogP contribution < -0.4 is 5.32 Å². The van der Waals surface area contributed by atoms with Crippen molar-refractivity contribution in [1.82, 2.24) is 0 Å². The number of thiophene rings is 1. The number of aliphatic hydroxyl groups excluding tert-OH is 1. The molecule has 0 unspecified atom stereocenters. The molecule has 3 nitrogen and oxygen atoms in total. The molecular weight excluding hydrogens is 258 g/mol. The SMILES string of the molecule is Cc1cccc(NC(=O)c2csc(C#CCO)c2)c1. The minimum absolute atomic E-state index is 0.154. The highest BCUT2D eigenvalue weighted by molar-refractivity contribution is 7.10. The summed E-state index contributed by atoms with van der Waals surface area (Å²) in [6.07, 6.45) is 0. The van der Waals surface area contributed by atoms with Gasteiger partial charge in [0.1, 0.15) is 6.61 Å². The number of benzene rings is 1. The van der Waals surface area contributed by atoms with Crippen molar-refractivity contribution in [2.45, 2.75) is 6.92 Å². The second kappa shape index (κ2) is 6.19. The second-order valence-corrected chi connectivity index (χ2v) is 4.89. The van der Waals surface area contributed by atoms with Gasteiger partial charge in [-0.15, -0.1) is 11.3 Å². The molecule has 19 heavy (non-hydrogen) atoms. The normalized spacial score (nSPS) is 9.58. The van der Waals surface area contributed by atoms with Crippen molar-refractivity contribution >= 4 is 22.9 Å². The molecule has 1 aromatic carbocycles. The molecule has 0 fully saturated rings. The summed E-state index contributed by atoms with van der Waals surface area (Å²) >= 11 is 1.39. The van der Waals surface area contributed by atoms with Crippen LogP contribution in [0.4, 0.5) is 5.69 Å². The Hall–Kier alpha value is -2.09. The van der Waals surface area contributed by atoms with Crippen LogP contribution in [0.1, 0.15) is 20.8 Å². The fourth-order valence-electron chi connectivity index (χ4n) is 1.57. The molecule has 0 saturated carbocycles. The summed E-state index contributed by atoms with van der Waals surface area (Å²) in [6, 6.07) is 9.36. The lowest BCUT2D eigenvalue weighted by Crippen LogP contribution is -2.10. The van der Waals surface area contributed by atoms with Gasteiger partial charge in [-0.1, -0.05) is 24.0 Å². The lowest BCUT2D eigenvalue weighted by molar-refractivity contribution is 0.102. The number of anilines is 1. The maximum Gasteiger partial charge on any atom is 0.256 e. The molecule has 4 heteroatoms. The molecule has 0 aliphatic rings. The van der Waals surface area contributed by atoms with Crippen LogP contribution in [0.3, 0.4) is 0 Å². The molecule has 0 spiro atoms. The molecule has 2 rings (SSSR count). The third-order valence-electron chi connectivity index (χ3n) is 2.43. The Morgan fingerprint density at radius 1 is 1.42 bits per heavy atom. The zero-order valence-electron chi connectivity index (χ0n) is 10.4. The molecule has 2 aromatic rings. The minimum atomic E-state index is -0.178. The van der Waals surface area contributed by atoms with E-state index in [1.54, 1.807) is 11.4 Å². The first-order valence-electron chi connectivity index (χ1n) is 5.75. The van der Waals surface area contributed by atoms with Crippen LogP contribution in [0.5, 0.6) is 0 Å². The van der Waals surface area contributed by atoms with E-state index in [1.165, 1.54) is 11.3 Å². The van der Waals surface area contributed by atoms with Crippen LogP contribution in [0, 0.1) is 18.8 Å². The number of aryl methyl sites for hydroxylation is 1. The van der Waals surface area contributed by atoms with E-state index in [0.29, 0.717) is 5.56 Å². The van der Waals surface area contributed by atoms with E-state index in [4.69, 9.17) is 5.11 Å². The van der Waals surface area contributed by atoms with Crippen molar-refractivity contribution in [2.75, 3.05) is 11.9 Å². The first kappa shape index (κ1) is 13.3. The Balaban J connectivity index is 2.10. The first-order chi connectivity index (χ1) is 9.19. The van der Waals surface area contributed by atoms with Gasteiger partial charge in [-0.2, -0.15) is 0 Å². The Morgan fingerprint density at radius 3 is 3.00 bits per heavy atom. The smallest absolute Gasteiger partial charge is 0.256 e. The summed E-state index contributed by atoms with van der Waals surface area (Å²) in [4.78, 5) is 12.8. The Labute approximate surface area is 115 Å². The number of amides is 1. The number of carbonyl (C=O) groups is 1. The van der Waals surface area contributed by atoms with Crippen LogP contribution in [0.15, 0.2) is 35.7 Å². The van der Waals surface area contributed by atoms with Gasteiger partial charge in [0.15, 0.2) is 0 Å². The number of hydrogen-bond acceptors (Lipinski definition) is 3. The number of rotatable bonds is 2. The number of nitrogens with one attached hydrogen (secondary N) is 1. The average Bonchev–Trinajstić information content (AvgIpc) is 2.85. The highest BCUT2D eigenvalue weighted by Gasteiger charge is 2.08. The summed E-state index contributed by atoms with van der Waals surface area (Å²) in [5.41, 5.74) is 2.45. The minimum Gasteiger partial charge on any atom is -0.384 e. The molecule has 0 aliphatic carbocycles. The highest BCUT2D eigenvalue weighted by Crippen LogP contribution is 2.16. The predicted octanol–water partition coefficient (Wildman–Crippen LogP) is 2.65.